The molecule has 0 aromatic rings. The van der Waals surface area contributed by atoms with Gasteiger partial charge in [0.15, 0.2) is 32.0 Å². The molecule has 4 heterocycles. The number of ether oxygens (including phenoxy) is 13. The van der Waals surface area contributed by atoms with Crippen molar-refractivity contribution in [3.63, 3.8) is 0 Å². The van der Waals surface area contributed by atoms with E-state index in [2.05, 4.69) is 65.0 Å². The van der Waals surface area contributed by atoms with Crippen LogP contribution < -0.4 is 0 Å². The van der Waals surface area contributed by atoms with Crippen molar-refractivity contribution in [3.8, 4) is 0 Å². The normalized spacial score (nSPS) is 39.0. The molecule has 0 radical (unpaired) electrons. The van der Waals surface area contributed by atoms with E-state index < -0.39 is 124 Å². The number of aliphatic hydroxyl groups is 1. The van der Waals surface area contributed by atoms with Gasteiger partial charge < -0.3 is 66.7 Å². The lowest BCUT2D eigenvalue weighted by Crippen LogP contribution is -2.62. The Labute approximate surface area is 739 Å². The van der Waals surface area contributed by atoms with Crippen LogP contribution in [0.15, 0.2) is 72.9 Å². The zero-order chi connectivity index (χ0) is 91.4. The van der Waals surface area contributed by atoms with Crippen LogP contribution in [0, 0.1) is 107 Å². The molecule has 4 aliphatic heterocycles. The van der Waals surface area contributed by atoms with Gasteiger partial charge in [-0.15, -0.1) is 0 Å². The molecule has 0 amide bonds. The molecule has 29 nitrogen and oxygen atoms in total. The first-order valence-corrected chi connectivity index (χ1v) is 47.4. The van der Waals surface area contributed by atoms with Crippen molar-refractivity contribution in [1.29, 1.82) is 0 Å². The Hall–Kier alpha value is -8.09. The first-order valence-electron chi connectivity index (χ1n) is 45.9. The summed E-state index contributed by atoms with van der Waals surface area (Å²) in [6, 6.07) is 0. The average molecular weight is 1780 g/mol. The molecule has 30 heteroatoms. The molecule has 20 bridgehead atoms. The number of carbonyl (C=O) groups is 12. The van der Waals surface area contributed by atoms with Crippen molar-refractivity contribution in [1.82, 2.24) is 0 Å². The topological polar surface area (TPSA) is 388 Å². The van der Waals surface area contributed by atoms with Crippen LogP contribution >= 0.6 is 0 Å². The van der Waals surface area contributed by atoms with Gasteiger partial charge in [-0.1, -0.05) is 60.2 Å². The van der Waals surface area contributed by atoms with E-state index in [1.54, 1.807) is 20.8 Å². The quantitative estimate of drug-likeness (QED) is 0.0276. The van der Waals surface area contributed by atoms with E-state index in [0.29, 0.717) is 95.7 Å². The largest absolute Gasteiger partial charge is 0.462 e. The minimum absolute atomic E-state index is 0.0128. The molecule has 12 unspecified atom stereocenters. The van der Waals surface area contributed by atoms with Gasteiger partial charge in [0.25, 0.3) is 10.1 Å². The van der Waals surface area contributed by atoms with E-state index in [1.165, 1.54) is 97.8 Å². The van der Waals surface area contributed by atoms with Crippen LogP contribution in [0.3, 0.4) is 0 Å². The monoisotopic (exact) mass is 1780 g/mol. The lowest BCUT2D eigenvalue weighted by atomic mass is 9.47. The molecule has 22 rings (SSSR count). The van der Waals surface area contributed by atoms with Crippen molar-refractivity contribution >= 4 is 81.7 Å². The summed E-state index contributed by atoms with van der Waals surface area (Å²) in [4.78, 5) is 140. The van der Waals surface area contributed by atoms with Gasteiger partial charge in [0.05, 0.1) is 35.7 Å². The molecule has 22 fully saturated rings. The third kappa shape index (κ3) is 20.5. The Morgan fingerprint density at radius 1 is 0.444 bits per heavy atom. The summed E-state index contributed by atoms with van der Waals surface area (Å²) >= 11 is 0. The maximum absolute atomic E-state index is 12.2. The van der Waals surface area contributed by atoms with E-state index >= 15 is 0 Å². The number of fused-ring (bicyclic) bond motifs is 2. The van der Waals surface area contributed by atoms with Gasteiger partial charge in [0, 0.05) is 51.7 Å². The second kappa shape index (κ2) is 38.1. The minimum atomic E-state index is -3.56. The van der Waals surface area contributed by atoms with E-state index in [-0.39, 0.29) is 108 Å². The first-order chi connectivity index (χ1) is 59.3. The fourth-order valence-electron chi connectivity index (χ4n) is 26.7. The fourth-order valence-corrected chi connectivity index (χ4v) is 28.6. The Bertz CT molecular complexity index is 4330. The molecular weight excluding hydrogens is 1650 g/mol. The summed E-state index contributed by atoms with van der Waals surface area (Å²) in [5.74, 6) is 3.52. The number of esters is 12. The molecule has 18 saturated carbocycles. The molecule has 0 aromatic heterocycles. The molecule has 0 spiro atoms. The van der Waals surface area contributed by atoms with Gasteiger partial charge in [-0.05, 0) is 291 Å². The zero-order valence-corrected chi connectivity index (χ0v) is 75.9. The summed E-state index contributed by atoms with van der Waals surface area (Å²) in [6.07, 6.45) is 23.7. The van der Waals surface area contributed by atoms with Crippen LogP contribution in [0.2, 0.25) is 0 Å². The summed E-state index contributed by atoms with van der Waals surface area (Å²) in [5, 5.41) is 10.0. The maximum Gasteiger partial charge on any atom is 0.344 e. The van der Waals surface area contributed by atoms with Crippen molar-refractivity contribution in [2.24, 2.45) is 107 Å². The SMILES string of the molecule is C=C(C)C(=O)OC1(C(C)C)C2CC3CC(C2)CC1C3.C=C(C)C(=O)OC1(CC)C2CC3CC(C2)CC1C3.C=C(C)C(=O)OC12CC3CC(CC(O)(C3)C1)C2.C=C(C)C(=O)OCC(=O)OC1C2CC3C(=O)OC1C3O2.C=C(C)C(=O)OCC(=O)OCC(=O)OC1(C)C2CC3CC(C2)CC1C3.C=C(C)C(=O)OCCOC(=O)CCC(=O)OC1C2CC3C1OS(=O)(=O)C3C2. The molecule has 1 N–H and O–H groups in total. The van der Waals surface area contributed by atoms with Crippen LogP contribution in [0.4, 0.5) is 0 Å². The molecule has 696 valence electrons. The molecule has 4 saturated heterocycles. The number of hydrogen-bond donors (Lipinski definition) is 1. The van der Waals surface area contributed by atoms with Crippen LogP contribution in [0.25, 0.3) is 0 Å². The van der Waals surface area contributed by atoms with Gasteiger partial charge in [0.2, 0.25) is 0 Å². The van der Waals surface area contributed by atoms with Crippen LogP contribution in [-0.2, 0) is 133 Å². The summed E-state index contributed by atoms with van der Waals surface area (Å²) in [5.41, 5.74) is 0.397. The first kappa shape index (κ1) is 95.5. The molecule has 22 aliphatic rings. The summed E-state index contributed by atoms with van der Waals surface area (Å²) in [7, 11) is -3.56. The number of rotatable bonds is 26. The van der Waals surface area contributed by atoms with Crippen molar-refractivity contribution in [2.75, 3.05) is 33.0 Å². The highest BCUT2D eigenvalue weighted by molar-refractivity contribution is 7.87. The van der Waals surface area contributed by atoms with Crippen LogP contribution in [0.1, 0.15) is 243 Å². The van der Waals surface area contributed by atoms with E-state index in [9.17, 15) is 71.1 Å². The van der Waals surface area contributed by atoms with E-state index in [0.717, 1.165) is 93.3 Å². The molecule has 0 aromatic carbocycles. The maximum atomic E-state index is 12.2. The minimum Gasteiger partial charge on any atom is -0.462 e. The number of hydrogen-bond acceptors (Lipinski definition) is 29. The van der Waals surface area contributed by atoms with Gasteiger partial charge in [-0.25, -0.2) is 43.2 Å². The third-order valence-corrected chi connectivity index (χ3v) is 33.0. The van der Waals surface area contributed by atoms with Crippen molar-refractivity contribution in [2.45, 2.75) is 312 Å². The van der Waals surface area contributed by atoms with Gasteiger partial charge in [0.1, 0.15) is 53.9 Å². The highest BCUT2D eigenvalue weighted by Crippen LogP contribution is 2.65. The standard InChI is InChI=1S/C19H26O6.C17H22O9S.C17H26O2.C16H24O2.C14H20O3.C13H14O7/c1-11(2)18(22)24-9-16(20)23-10-17(21)25-19(3)14-5-12-4-13(7-14)8-15(19)6-12;1-9(2)17(20)24-6-5-23-13(18)3-4-14(19)25-15-10-7-11-12(8-10)27(21,22)26-16(11)15;1-10(2)16(18)19-17(11(3)4)14-6-12-5-13(8-14)9-15(17)7-12;1-4-16(18-15(17)10(2)3)13-6-11-5-12(8-13)9-14(16)7-11;1-9(2)12(15)17-14-6-10-3-11(7-14)5-13(16,4-10)8-14;1-5(2)12(15)17-4-8(14)19-10-7-3-6-9(18-7)11(10)20-13(6)16/h12-15H,1,4-10H2,2-3H3;10-12,15-16H,1,3-8H2,2H3;11-15H,1,5-9H2,2-4H3;11-14H,2,4-9H2,1,3H3;10-11,16H,1,3-8H2,2H3;6-7,9-11H,1,3-4H2,2H3. The highest BCUT2D eigenvalue weighted by Gasteiger charge is 2.68. The Kier molecular flexibility index (Phi) is 28.9. The highest BCUT2D eigenvalue weighted by atomic mass is 32.2. The Balaban J connectivity index is 0.000000130. The zero-order valence-electron chi connectivity index (χ0n) is 75.1. The van der Waals surface area contributed by atoms with E-state index in [4.69, 9.17) is 61.0 Å². The second-order valence-corrected chi connectivity index (χ2v) is 42.8. The lowest BCUT2D eigenvalue weighted by molar-refractivity contribution is -0.221. The summed E-state index contributed by atoms with van der Waals surface area (Å²) < 4.78 is 97.6. The van der Waals surface area contributed by atoms with Gasteiger partial charge in [-0.3, -0.25) is 18.6 Å². The Morgan fingerprint density at radius 3 is 1.37 bits per heavy atom. The molecular formula is C96H132O29S. The third-order valence-electron chi connectivity index (χ3n) is 31.2. The molecule has 18 aliphatic carbocycles. The lowest BCUT2D eigenvalue weighted by Gasteiger charge is -2.61. The molecule has 126 heavy (non-hydrogen) atoms. The van der Waals surface area contributed by atoms with E-state index in [1.807, 2.05) is 6.92 Å². The predicted octanol–water partition coefficient (Wildman–Crippen LogP) is 12.5. The second-order valence-electron chi connectivity index (χ2n) is 41.1. The summed E-state index contributed by atoms with van der Waals surface area (Å²) in [6.45, 7) is 38.0. The van der Waals surface area contributed by atoms with Crippen molar-refractivity contribution < 1.29 is 137 Å². The van der Waals surface area contributed by atoms with Crippen LogP contribution in [-0.4, -0.2) is 188 Å². The number of carbonyl (C=O) groups excluding carboxylic acids is 12. The van der Waals surface area contributed by atoms with Gasteiger partial charge in [-0.2, -0.15) is 8.42 Å². The van der Waals surface area contributed by atoms with Crippen LogP contribution in [0.5, 0.6) is 0 Å². The predicted molar refractivity (Wildman–Crippen MR) is 450 cm³/mol. The Morgan fingerprint density at radius 2 is 0.881 bits per heavy atom. The average Bonchev–Trinajstić information content (AvgIpc) is 1.44. The fraction of sp³-hybridized carbons (Fsp3) is 0.750. The molecule has 12 atom stereocenters. The van der Waals surface area contributed by atoms with Crippen molar-refractivity contribution in [3.05, 3.63) is 72.9 Å². The van der Waals surface area contributed by atoms with Gasteiger partial charge >= 0.3 is 71.6 Å². The smallest absolute Gasteiger partial charge is 0.344 e.